The van der Waals surface area contributed by atoms with E-state index in [2.05, 4.69) is 25.7 Å². The predicted octanol–water partition coefficient (Wildman–Crippen LogP) is 4.73. The molecule has 2 aromatic carbocycles. The molecule has 1 aromatic heterocycles. The van der Waals surface area contributed by atoms with Crippen molar-refractivity contribution in [2.45, 2.75) is 6.92 Å². The van der Waals surface area contributed by atoms with Crippen LogP contribution in [-0.2, 0) is 0 Å². The van der Waals surface area contributed by atoms with Crippen molar-refractivity contribution >= 4 is 43.9 Å². The van der Waals surface area contributed by atoms with Crippen molar-refractivity contribution < 1.29 is 4.92 Å². The van der Waals surface area contributed by atoms with E-state index in [1.807, 2.05) is 24.3 Å². The molecule has 0 radical (unpaired) electrons. The van der Waals surface area contributed by atoms with E-state index in [1.54, 1.807) is 19.1 Å². The lowest BCUT2D eigenvalue weighted by molar-refractivity contribution is -0.384. The van der Waals surface area contributed by atoms with Crippen molar-refractivity contribution in [3.05, 3.63) is 58.6 Å². The number of rotatable bonds is 4. The summed E-state index contributed by atoms with van der Waals surface area (Å²) in [4.78, 5) is 14.6. The van der Waals surface area contributed by atoms with Gasteiger partial charge < -0.3 is 0 Å². The first kappa shape index (κ1) is 15.7. The van der Waals surface area contributed by atoms with Crippen LogP contribution in [0.1, 0.15) is 6.92 Å². The SMILES string of the molecule is CC(N=Nc1nc2ccccc2s1)=NNc1cccc([N+](=O)[O-])c1. The van der Waals surface area contributed by atoms with Gasteiger partial charge in [0.1, 0.15) is 0 Å². The Morgan fingerprint density at radius 2 is 2.08 bits per heavy atom. The van der Waals surface area contributed by atoms with Crippen LogP contribution in [0.15, 0.2) is 63.9 Å². The molecule has 0 spiro atoms. The van der Waals surface area contributed by atoms with Crippen LogP contribution < -0.4 is 5.43 Å². The number of amidine groups is 1. The largest absolute Gasteiger partial charge is 0.276 e. The summed E-state index contributed by atoms with van der Waals surface area (Å²) in [5.41, 5.74) is 4.08. The monoisotopic (exact) mass is 340 g/mol. The summed E-state index contributed by atoms with van der Waals surface area (Å²) < 4.78 is 1.04. The number of nitrogens with one attached hydrogen (secondary N) is 1. The lowest BCUT2D eigenvalue weighted by Gasteiger charge is -1.99. The molecule has 0 aliphatic rings. The number of azo groups is 1. The van der Waals surface area contributed by atoms with Gasteiger partial charge in [-0.15, -0.1) is 10.2 Å². The van der Waals surface area contributed by atoms with Crippen LogP contribution in [0.4, 0.5) is 16.5 Å². The molecule has 3 rings (SSSR count). The first-order chi connectivity index (χ1) is 11.6. The number of nitro benzene ring substituents is 1. The van der Waals surface area contributed by atoms with E-state index in [9.17, 15) is 10.1 Å². The van der Waals surface area contributed by atoms with Gasteiger partial charge in [-0.05, 0) is 25.1 Å². The molecule has 0 aliphatic carbocycles. The lowest BCUT2D eigenvalue weighted by Crippen LogP contribution is -1.95. The molecule has 1 N–H and O–H groups in total. The zero-order valence-electron chi connectivity index (χ0n) is 12.6. The zero-order valence-corrected chi connectivity index (χ0v) is 13.4. The van der Waals surface area contributed by atoms with Crippen LogP contribution in [0.3, 0.4) is 0 Å². The molecule has 24 heavy (non-hydrogen) atoms. The van der Waals surface area contributed by atoms with Crippen LogP contribution in [0.25, 0.3) is 10.2 Å². The zero-order chi connectivity index (χ0) is 16.9. The summed E-state index contributed by atoms with van der Waals surface area (Å²) in [5.74, 6) is 0.376. The van der Waals surface area contributed by atoms with Gasteiger partial charge in [0, 0.05) is 12.1 Å². The fraction of sp³-hybridized carbons (Fsp3) is 0.0667. The lowest BCUT2D eigenvalue weighted by atomic mass is 10.3. The van der Waals surface area contributed by atoms with Gasteiger partial charge in [0.2, 0.25) is 5.13 Å². The highest BCUT2D eigenvalue weighted by molar-refractivity contribution is 7.21. The Morgan fingerprint density at radius 1 is 1.25 bits per heavy atom. The molecule has 0 saturated carbocycles. The molecular formula is C15H12N6O2S. The van der Waals surface area contributed by atoms with Gasteiger partial charge in [-0.25, -0.2) is 4.98 Å². The summed E-state index contributed by atoms with van der Waals surface area (Å²) in [5, 5.41) is 23.3. The smallest absolute Gasteiger partial charge is 0.271 e. The van der Waals surface area contributed by atoms with E-state index in [-0.39, 0.29) is 5.69 Å². The van der Waals surface area contributed by atoms with Gasteiger partial charge in [0.05, 0.1) is 20.8 Å². The number of para-hydroxylation sites is 1. The normalized spacial score (nSPS) is 12.0. The molecule has 8 nitrogen and oxygen atoms in total. The highest BCUT2D eigenvalue weighted by atomic mass is 32.1. The summed E-state index contributed by atoms with van der Waals surface area (Å²) >= 11 is 1.44. The summed E-state index contributed by atoms with van der Waals surface area (Å²) in [7, 11) is 0. The van der Waals surface area contributed by atoms with Gasteiger partial charge in [-0.2, -0.15) is 5.10 Å². The van der Waals surface area contributed by atoms with E-state index in [0.29, 0.717) is 16.7 Å². The molecule has 0 aliphatic heterocycles. The molecule has 0 bridgehead atoms. The summed E-state index contributed by atoms with van der Waals surface area (Å²) in [6, 6.07) is 13.8. The fourth-order valence-corrected chi connectivity index (χ4v) is 2.66. The highest BCUT2D eigenvalue weighted by Gasteiger charge is 2.05. The van der Waals surface area contributed by atoms with E-state index >= 15 is 0 Å². The Morgan fingerprint density at radius 3 is 2.88 bits per heavy atom. The number of non-ortho nitro benzene ring substituents is 1. The summed E-state index contributed by atoms with van der Waals surface area (Å²) in [6.45, 7) is 1.67. The molecule has 0 unspecified atom stereocenters. The second-order valence-corrected chi connectivity index (χ2v) is 5.75. The maximum atomic E-state index is 10.7. The van der Waals surface area contributed by atoms with E-state index in [4.69, 9.17) is 0 Å². The van der Waals surface area contributed by atoms with Gasteiger partial charge in [0.25, 0.3) is 5.69 Å². The van der Waals surface area contributed by atoms with Crippen molar-refractivity contribution in [3.63, 3.8) is 0 Å². The van der Waals surface area contributed by atoms with Crippen LogP contribution in [-0.4, -0.2) is 15.7 Å². The van der Waals surface area contributed by atoms with Gasteiger partial charge in [0.15, 0.2) is 5.84 Å². The Kier molecular flexibility index (Phi) is 4.52. The van der Waals surface area contributed by atoms with Gasteiger partial charge >= 0.3 is 0 Å². The van der Waals surface area contributed by atoms with Crippen molar-refractivity contribution in [1.82, 2.24) is 4.98 Å². The van der Waals surface area contributed by atoms with Crippen molar-refractivity contribution in [2.24, 2.45) is 15.3 Å². The average molecular weight is 340 g/mol. The molecule has 0 amide bonds. The molecule has 9 heteroatoms. The van der Waals surface area contributed by atoms with Gasteiger partial charge in [-0.1, -0.05) is 29.5 Å². The van der Waals surface area contributed by atoms with Crippen LogP contribution in [0.5, 0.6) is 0 Å². The van der Waals surface area contributed by atoms with Crippen LogP contribution >= 0.6 is 11.3 Å². The third-order valence-corrected chi connectivity index (χ3v) is 3.89. The predicted molar refractivity (Wildman–Crippen MR) is 94.0 cm³/mol. The minimum absolute atomic E-state index is 0.0102. The number of benzene rings is 2. The number of anilines is 1. The number of hydrogen-bond acceptors (Lipinski definition) is 7. The third kappa shape index (κ3) is 3.76. The average Bonchev–Trinajstić information content (AvgIpc) is 3.01. The van der Waals surface area contributed by atoms with Gasteiger partial charge in [-0.3, -0.25) is 15.5 Å². The topological polar surface area (TPSA) is 105 Å². The van der Waals surface area contributed by atoms with Crippen molar-refractivity contribution in [1.29, 1.82) is 0 Å². The maximum absolute atomic E-state index is 10.7. The van der Waals surface area contributed by atoms with E-state index in [1.165, 1.54) is 23.5 Å². The Labute approximate surface area is 140 Å². The van der Waals surface area contributed by atoms with Crippen molar-refractivity contribution in [2.75, 3.05) is 5.43 Å². The quantitative estimate of drug-likeness (QED) is 0.243. The highest BCUT2D eigenvalue weighted by Crippen LogP contribution is 2.27. The second-order valence-electron chi connectivity index (χ2n) is 4.74. The second kappa shape index (κ2) is 6.92. The van der Waals surface area contributed by atoms with Crippen molar-refractivity contribution in [3.8, 4) is 0 Å². The fourth-order valence-electron chi connectivity index (χ4n) is 1.87. The molecule has 1 heterocycles. The number of fused-ring (bicyclic) bond motifs is 1. The Hall–Kier alpha value is -3.20. The summed E-state index contributed by atoms with van der Waals surface area (Å²) in [6.07, 6.45) is 0. The van der Waals surface area contributed by atoms with Crippen LogP contribution in [0.2, 0.25) is 0 Å². The first-order valence-corrected chi connectivity index (χ1v) is 7.75. The minimum atomic E-state index is -0.464. The molecule has 120 valence electrons. The molecular weight excluding hydrogens is 328 g/mol. The number of nitro groups is 1. The molecule has 0 atom stereocenters. The standard InChI is InChI=1S/C15H12N6O2S/c1-10(17-19-11-5-4-6-12(9-11)21(22)23)18-20-15-16-13-7-2-3-8-14(13)24-15/h2-9,19H,1H3. The third-order valence-electron chi connectivity index (χ3n) is 2.97. The number of nitrogens with zero attached hydrogens (tertiary/aromatic N) is 5. The maximum Gasteiger partial charge on any atom is 0.271 e. The minimum Gasteiger partial charge on any atom is -0.276 e. The number of hydrazone groups is 1. The number of aromatic nitrogens is 1. The number of hydrogen-bond donors (Lipinski definition) is 1. The molecule has 0 fully saturated rings. The number of thiazole rings is 1. The van der Waals surface area contributed by atoms with Crippen LogP contribution in [0, 0.1) is 10.1 Å². The van der Waals surface area contributed by atoms with E-state index in [0.717, 1.165) is 10.2 Å². The molecule has 3 aromatic rings. The Bertz CT molecular complexity index is 917. The first-order valence-electron chi connectivity index (χ1n) is 6.94. The van der Waals surface area contributed by atoms with E-state index < -0.39 is 4.92 Å². The Balaban J connectivity index is 1.69. The molecule has 0 saturated heterocycles.